The lowest BCUT2D eigenvalue weighted by Crippen LogP contribution is -2.42. The summed E-state index contributed by atoms with van der Waals surface area (Å²) in [5.74, 6) is -0.102. The number of para-hydroxylation sites is 1. The monoisotopic (exact) mass is 417 g/mol. The van der Waals surface area contributed by atoms with Gasteiger partial charge in [-0.1, -0.05) is 24.3 Å². The molecule has 1 amide bonds. The SMILES string of the molecule is CC1=CC(C)(C)N(C)c2cc(C)c(/C=C3\SC(=Nc4ccccc4C)NC3=O)cc21. The molecule has 4 nitrogen and oxygen atoms in total. The number of nitrogens with one attached hydrogen (secondary N) is 1. The number of nitrogens with zero attached hydrogens (tertiary/aromatic N) is 2. The first-order valence-corrected chi connectivity index (χ1v) is 10.9. The number of likely N-dealkylation sites (N-methyl/N-ethyl adjacent to an activating group) is 1. The number of thioether (sulfide) groups is 1. The summed E-state index contributed by atoms with van der Waals surface area (Å²) in [6.07, 6.45) is 4.27. The quantitative estimate of drug-likeness (QED) is 0.626. The zero-order chi connectivity index (χ0) is 21.6. The number of amidine groups is 1. The summed E-state index contributed by atoms with van der Waals surface area (Å²) in [5.41, 5.74) is 7.84. The van der Waals surface area contributed by atoms with Crippen LogP contribution in [0.25, 0.3) is 11.6 Å². The highest BCUT2D eigenvalue weighted by atomic mass is 32.2. The predicted octanol–water partition coefficient (Wildman–Crippen LogP) is 5.83. The van der Waals surface area contributed by atoms with Crippen molar-refractivity contribution in [1.82, 2.24) is 5.32 Å². The molecule has 4 rings (SSSR count). The average Bonchev–Trinajstić information content (AvgIpc) is 3.02. The molecular weight excluding hydrogens is 390 g/mol. The maximum Gasteiger partial charge on any atom is 0.264 e. The molecule has 2 heterocycles. The second-order valence-electron chi connectivity index (χ2n) is 8.53. The molecule has 30 heavy (non-hydrogen) atoms. The first-order valence-electron chi connectivity index (χ1n) is 10.1. The third-order valence-electron chi connectivity index (χ3n) is 5.88. The molecule has 5 heteroatoms. The van der Waals surface area contributed by atoms with Gasteiger partial charge in [-0.2, -0.15) is 0 Å². The molecule has 0 unspecified atom stereocenters. The molecule has 2 aliphatic heterocycles. The van der Waals surface area contributed by atoms with E-state index in [1.54, 1.807) is 0 Å². The second-order valence-corrected chi connectivity index (χ2v) is 9.56. The van der Waals surface area contributed by atoms with Crippen molar-refractivity contribution >= 4 is 45.9 Å². The van der Waals surface area contributed by atoms with E-state index in [9.17, 15) is 4.79 Å². The Morgan fingerprint density at radius 2 is 1.83 bits per heavy atom. The Hall–Kier alpha value is -2.79. The number of rotatable bonds is 2. The number of benzene rings is 2. The van der Waals surface area contributed by atoms with E-state index in [0.717, 1.165) is 22.4 Å². The lowest BCUT2D eigenvalue weighted by atomic mass is 9.87. The molecule has 0 aliphatic carbocycles. The van der Waals surface area contributed by atoms with Crippen LogP contribution in [0, 0.1) is 13.8 Å². The third kappa shape index (κ3) is 3.70. The van der Waals surface area contributed by atoms with Crippen LogP contribution in [0.3, 0.4) is 0 Å². The van der Waals surface area contributed by atoms with Crippen molar-refractivity contribution in [1.29, 1.82) is 0 Å². The van der Waals surface area contributed by atoms with Crippen molar-refractivity contribution < 1.29 is 4.79 Å². The summed E-state index contributed by atoms with van der Waals surface area (Å²) < 4.78 is 0. The van der Waals surface area contributed by atoms with E-state index in [1.807, 2.05) is 37.3 Å². The lowest BCUT2D eigenvalue weighted by Gasteiger charge is -2.41. The largest absolute Gasteiger partial charge is 0.365 e. The summed E-state index contributed by atoms with van der Waals surface area (Å²) in [6, 6.07) is 12.3. The Morgan fingerprint density at radius 1 is 1.10 bits per heavy atom. The molecule has 1 fully saturated rings. The molecule has 154 valence electrons. The maximum atomic E-state index is 12.6. The van der Waals surface area contributed by atoms with Gasteiger partial charge in [0.15, 0.2) is 5.17 Å². The zero-order valence-electron chi connectivity index (χ0n) is 18.3. The van der Waals surface area contributed by atoms with Gasteiger partial charge in [0.1, 0.15) is 0 Å². The van der Waals surface area contributed by atoms with Crippen molar-refractivity contribution in [2.24, 2.45) is 4.99 Å². The number of hydrogen-bond donors (Lipinski definition) is 1. The van der Waals surface area contributed by atoms with Gasteiger partial charge in [-0.15, -0.1) is 0 Å². The molecule has 0 aromatic heterocycles. The van der Waals surface area contributed by atoms with Crippen LogP contribution in [0.2, 0.25) is 0 Å². The summed E-state index contributed by atoms with van der Waals surface area (Å²) in [4.78, 5) is 20.2. The van der Waals surface area contributed by atoms with Crippen molar-refractivity contribution in [3.8, 4) is 0 Å². The summed E-state index contributed by atoms with van der Waals surface area (Å²) in [5, 5.41) is 3.51. The van der Waals surface area contributed by atoms with E-state index in [4.69, 9.17) is 0 Å². The molecule has 0 spiro atoms. The van der Waals surface area contributed by atoms with Gasteiger partial charge in [-0.3, -0.25) is 4.79 Å². The highest BCUT2D eigenvalue weighted by Crippen LogP contribution is 2.40. The van der Waals surface area contributed by atoms with Gasteiger partial charge >= 0.3 is 0 Å². The molecule has 1 N–H and O–H groups in total. The number of carbonyl (C=O) groups is 1. The number of hydrogen-bond acceptors (Lipinski definition) is 4. The van der Waals surface area contributed by atoms with Crippen LogP contribution in [-0.2, 0) is 4.79 Å². The minimum Gasteiger partial charge on any atom is -0.365 e. The minimum atomic E-state index is -0.102. The van der Waals surface area contributed by atoms with E-state index in [2.05, 4.69) is 68.2 Å². The van der Waals surface area contributed by atoms with Crippen LogP contribution >= 0.6 is 11.8 Å². The first kappa shape index (κ1) is 20.5. The molecule has 2 aromatic carbocycles. The fourth-order valence-corrected chi connectivity index (χ4v) is 4.72. The average molecular weight is 418 g/mol. The fraction of sp³-hybridized carbons (Fsp3) is 0.280. The fourth-order valence-electron chi connectivity index (χ4n) is 3.89. The maximum absolute atomic E-state index is 12.6. The van der Waals surface area contributed by atoms with E-state index < -0.39 is 0 Å². The number of aryl methyl sites for hydroxylation is 2. The Labute approximate surface area is 182 Å². The van der Waals surface area contributed by atoms with Crippen LogP contribution in [0.5, 0.6) is 0 Å². The molecule has 0 saturated carbocycles. The van der Waals surface area contributed by atoms with Gasteiger partial charge in [0.05, 0.1) is 16.1 Å². The Morgan fingerprint density at radius 3 is 2.57 bits per heavy atom. The second kappa shape index (κ2) is 7.47. The van der Waals surface area contributed by atoms with Crippen LogP contribution in [-0.4, -0.2) is 23.7 Å². The number of fused-ring (bicyclic) bond motifs is 1. The van der Waals surface area contributed by atoms with Gasteiger partial charge in [0.25, 0.3) is 5.91 Å². The summed E-state index contributed by atoms with van der Waals surface area (Å²) in [6.45, 7) is 10.7. The molecule has 0 radical (unpaired) electrons. The summed E-state index contributed by atoms with van der Waals surface area (Å²) in [7, 11) is 2.13. The van der Waals surface area contributed by atoms with Crippen molar-refractivity contribution in [3.05, 3.63) is 69.6 Å². The molecule has 2 aliphatic rings. The van der Waals surface area contributed by atoms with E-state index in [1.165, 1.54) is 28.6 Å². The van der Waals surface area contributed by atoms with Crippen LogP contribution in [0.1, 0.15) is 43.0 Å². The number of aliphatic imine (C=N–C) groups is 1. The number of amides is 1. The van der Waals surface area contributed by atoms with Gasteiger partial charge in [-0.25, -0.2) is 4.99 Å². The van der Waals surface area contributed by atoms with Crippen LogP contribution < -0.4 is 10.2 Å². The minimum absolute atomic E-state index is 0.0222. The van der Waals surface area contributed by atoms with Crippen molar-refractivity contribution in [3.63, 3.8) is 0 Å². The first-order chi connectivity index (χ1) is 14.2. The van der Waals surface area contributed by atoms with Gasteiger partial charge in [-0.05, 0) is 92.9 Å². The van der Waals surface area contributed by atoms with E-state index in [-0.39, 0.29) is 11.4 Å². The van der Waals surface area contributed by atoms with Gasteiger partial charge in [0.2, 0.25) is 0 Å². The standard InChI is InChI=1S/C25H27N3OS/c1-15-9-7-8-10-20(15)26-24-27-23(29)22(30-24)13-18-12-19-17(3)14-25(4,5)28(6)21(19)11-16(18)2/h7-14H,1-6H3,(H,26,27,29)/b22-13-. The molecular formula is C25H27N3OS. The molecule has 0 atom stereocenters. The zero-order valence-corrected chi connectivity index (χ0v) is 19.1. The van der Waals surface area contributed by atoms with E-state index >= 15 is 0 Å². The highest BCUT2D eigenvalue weighted by molar-refractivity contribution is 8.18. The third-order valence-corrected chi connectivity index (χ3v) is 6.79. The van der Waals surface area contributed by atoms with Crippen molar-refractivity contribution in [2.45, 2.75) is 40.2 Å². The van der Waals surface area contributed by atoms with Crippen molar-refractivity contribution in [2.75, 3.05) is 11.9 Å². The predicted molar refractivity (Wildman–Crippen MR) is 129 cm³/mol. The molecule has 1 saturated heterocycles. The number of allylic oxidation sites excluding steroid dienone is 1. The Balaban J connectivity index is 1.68. The normalized spacial score (nSPS) is 20.4. The van der Waals surface area contributed by atoms with Gasteiger partial charge in [0, 0.05) is 18.3 Å². The Bertz CT molecular complexity index is 1140. The number of carbonyl (C=O) groups excluding carboxylic acids is 1. The lowest BCUT2D eigenvalue weighted by molar-refractivity contribution is -0.115. The van der Waals surface area contributed by atoms with Crippen LogP contribution in [0.15, 0.2) is 52.4 Å². The Kier molecular flexibility index (Phi) is 5.10. The van der Waals surface area contributed by atoms with E-state index in [0.29, 0.717) is 10.1 Å². The topological polar surface area (TPSA) is 44.7 Å². The number of anilines is 1. The summed E-state index contributed by atoms with van der Waals surface area (Å²) >= 11 is 1.39. The molecule has 2 aromatic rings. The van der Waals surface area contributed by atoms with Gasteiger partial charge < -0.3 is 10.2 Å². The molecule has 0 bridgehead atoms. The highest BCUT2D eigenvalue weighted by Gasteiger charge is 2.29. The smallest absolute Gasteiger partial charge is 0.264 e. The van der Waals surface area contributed by atoms with Crippen LogP contribution in [0.4, 0.5) is 11.4 Å².